The van der Waals surface area contributed by atoms with Gasteiger partial charge in [0.1, 0.15) is 0 Å². The highest BCUT2D eigenvalue weighted by Crippen LogP contribution is 2.29. The molecule has 1 aliphatic rings. The van der Waals surface area contributed by atoms with Gasteiger partial charge in [-0.2, -0.15) is 0 Å². The standard InChI is InChI=1S/C19H22N4O2/c1-2-7-21-19(24)15-12-16(14-20-13-15)22-17-5-3-4-6-18(17)23-8-10-25-11-9-23/h2-6,12-14,22H,1,7-11H2,(H,21,24). The van der Waals surface area contributed by atoms with Gasteiger partial charge in [0.25, 0.3) is 5.91 Å². The van der Waals surface area contributed by atoms with Gasteiger partial charge in [0.05, 0.1) is 42.0 Å². The van der Waals surface area contributed by atoms with Gasteiger partial charge in [0.2, 0.25) is 0 Å². The van der Waals surface area contributed by atoms with E-state index in [0.717, 1.165) is 43.4 Å². The van der Waals surface area contributed by atoms with Crippen molar-refractivity contribution >= 4 is 23.0 Å². The SMILES string of the molecule is C=CCNC(=O)c1cncc(Nc2ccccc2N2CCOCC2)c1. The second-order valence-corrected chi connectivity index (χ2v) is 5.70. The molecule has 25 heavy (non-hydrogen) atoms. The van der Waals surface area contributed by atoms with Crippen LogP contribution in [0.4, 0.5) is 17.1 Å². The monoisotopic (exact) mass is 338 g/mol. The first-order valence-corrected chi connectivity index (χ1v) is 8.31. The zero-order chi connectivity index (χ0) is 17.5. The molecule has 1 saturated heterocycles. The van der Waals surface area contributed by atoms with Crippen LogP contribution < -0.4 is 15.5 Å². The Kier molecular flexibility index (Phi) is 5.64. The molecular weight excluding hydrogens is 316 g/mol. The number of carbonyl (C=O) groups is 1. The van der Waals surface area contributed by atoms with Crippen molar-refractivity contribution in [1.82, 2.24) is 10.3 Å². The number of benzene rings is 1. The molecule has 1 fully saturated rings. The third kappa shape index (κ3) is 4.36. The Morgan fingerprint density at radius 3 is 2.88 bits per heavy atom. The molecule has 6 heteroatoms. The number of ether oxygens (including phenoxy) is 1. The molecule has 0 bridgehead atoms. The molecular formula is C19H22N4O2. The van der Waals surface area contributed by atoms with Crippen molar-refractivity contribution in [2.75, 3.05) is 43.1 Å². The quantitative estimate of drug-likeness (QED) is 0.793. The van der Waals surface area contributed by atoms with Crippen molar-refractivity contribution in [1.29, 1.82) is 0 Å². The molecule has 1 amide bonds. The number of hydrogen-bond acceptors (Lipinski definition) is 5. The van der Waals surface area contributed by atoms with Gasteiger partial charge in [-0.25, -0.2) is 0 Å². The summed E-state index contributed by atoms with van der Waals surface area (Å²) in [5, 5.41) is 6.13. The average molecular weight is 338 g/mol. The van der Waals surface area contributed by atoms with E-state index in [-0.39, 0.29) is 5.91 Å². The van der Waals surface area contributed by atoms with Gasteiger partial charge in [0, 0.05) is 25.8 Å². The first-order valence-electron chi connectivity index (χ1n) is 8.31. The lowest BCUT2D eigenvalue weighted by atomic mass is 10.2. The first kappa shape index (κ1) is 17.0. The Labute approximate surface area is 147 Å². The first-order chi connectivity index (χ1) is 12.3. The molecule has 0 atom stereocenters. The summed E-state index contributed by atoms with van der Waals surface area (Å²) in [6.07, 6.45) is 4.91. The van der Waals surface area contributed by atoms with E-state index < -0.39 is 0 Å². The van der Waals surface area contributed by atoms with Crippen molar-refractivity contribution in [2.45, 2.75) is 0 Å². The maximum atomic E-state index is 12.1. The van der Waals surface area contributed by atoms with Gasteiger partial charge in [0.15, 0.2) is 0 Å². The van der Waals surface area contributed by atoms with Crippen molar-refractivity contribution in [3.05, 3.63) is 60.9 Å². The molecule has 0 aliphatic carbocycles. The average Bonchev–Trinajstić information content (AvgIpc) is 2.67. The number of para-hydroxylation sites is 2. The topological polar surface area (TPSA) is 66.5 Å². The lowest BCUT2D eigenvalue weighted by Gasteiger charge is -2.30. The summed E-state index contributed by atoms with van der Waals surface area (Å²) in [6, 6.07) is 9.91. The Hall–Kier alpha value is -2.86. The molecule has 2 N–H and O–H groups in total. The molecule has 130 valence electrons. The number of nitrogens with one attached hydrogen (secondary N) is 2. The van der Waals surface area contributed by atoms with Crippen molar-refractivity contribution in [3.8, 4) is 0 Å². The Balaban J connectivity index is 1.78. The molecule has 0 radical (unpaired) electrons. The van der Waals surface area contributed by atoms with E-state index in [4.69, 9.17) is 4.74 Å². The zero-order valence-corrected chi connectivity index (χ0v) is 14.1. The molecule has 0 spiro atoms. The van der Waals surface area contributed by atoms with E-state index in [1.165, 1.54) is 0 Å². The van der Waals surface area contributed by atoms with Crippen LogP contribution >= 0.6 is 0 Å². The number of amides is 1. The fourth-order valence-electron chi connectivity index (χ4n) is 2.71. The molecule has 2 aromatic rings. The Morgan fingerprint density at radius 2 is 2.08 bits per heavy atom. The number of carbonyl (C=O) groups excluding carboxylic acids is 1. The van der Waals surface area contributed by atoms with Crippen molar-refractivity contribution in [2.24, 2.45) is 0 Å². The van der Waals surface area contributed by atoms with E-state index in [2.05, 4.69) is 33.2 Å². The summed E-state index contributed by atoms with van der Waals surface area (Å²) >= 11 is 0. The van der Waals surface area contributed by atoms with Crippen LogP contribution in [0.3, 0.4) is 0 Å². The summed E-state index contributed by atoms with van der Waals surface area (Å²) in [7, 11) is 0. The minimum atomic E-state index is -0.169. The normalized spacial score (nSPS) is 14.0. The molecule has 2 heterocycles. The largest absolute Gasteiger partial charge is 0.378 e. The highest BCUT2D eigenvalue weighted by Gasteiger charge is 2.15. The summed E-state index contributed by atoms with van der Waals surface area (Å²) in [5.41, 5.74) is 3.38. The van der Waals surface area contributed by atoms with Gasteiger partial charge in [-0.15, -0.1) is 6.58 Å². The van der Waals surface area contributed by atoms with Crippen molar-refractivity contribution < 1.29 is 9.53 Å². The summed E-state index contributed by atoms with van der Waals surface area (Å²) in [5.74, 6) is -0.169. The number of hydrogen-bond donors (Lipinski definition) is 2. The van der Waals surface area contributed by atoms with Crippen LogP contribution in [0.2, 0.25) is 0 Å². The van der Waals surface area contributed by atoms with Crippen LogP contribution in [0.1, 0.15) is 10.4 Å². The van der Waals surface area contributed by atoms with Crippen LogP contribution in [0.25, 0.3) is 0 Å². The maximum Gasteiger partial charge on any atom is 0.253 e. The summed E-state index contributed by atoms with van der Waals surface area (Å²) in [6.45, 7) is 7.21. The fraction of sp³-hybridized carbons (Fsp3) is 0.263. The third-order valence-electron chi connectivity index (χ3n) is 3.94. The van der Waals surface area contributed by atoms with Crippen LogP contribution in [0, 0.1) is 0 Å². The van der Waals surface area contributed by atoms with Crippen molar-refractivity contribution in [3.63, 3.8) is 0 Å². The molecule has 0 saturated carbocycles. The molecule has 1 aromatic carbocycles. The molecule has 0 unspecified atom stereocenters. The predicted molar refractivity (Wildman–Crippen MR) is 99.5 cm³/mol. The van der Waals surface area contributed by atoms with Gasteiger partial charge in [-0.3, -0.25) is 9.78 Å². The van der Waals surface area contributed by atoms with E-state index in [9.17, 15) is 4.79 Å². The Bertz CT molecular complexity index is 742. The molecule has 3 rings (SSSR count). The third-order valence-corrected chi connectivity index (χ3v) is 3.94. The molecule has 6 nitrogen and oxygen atoms in total. The lowest BCUT2D eigenvalue weighted by molar-refractivity contribution is 0.0957. The maximum absolute atomic E-state index is 12.1. The van der Waals surface area contributed by atoms with Crippen LogP contribution in [-0.2, 0) is 4.74 Å². The number of pyridine rings is 1. The number of anilines is 3. The summed E-state index contributed by atoms with van der Waals surface area (Å²) in [4.78, 5) is 18.5. The highest BCUT2D eigenvalue weighted by atomic mass is 16.5. The lowest BCUT2D eigenvalue weighted by Crippen LogP contribution is -2.36. The number of rotatable bonds is 6. The van der Waals surface area contributed by atoms with Crippen LogP contribution in [-0.4, -0.2) is 43.7 Å². The van der Waals surface area contributed by atoms with E-state index in [0.29, 0.717) is 12.1 Å². The second kappa shape index (κ2) is 8.30. The highest BCUT2D eigenvalue weighted by molar-refractivity contribution is 5.95. The minimum Gasteiger partial charge on any atom is -0.378 e. The number of nitrogens with zero attached hydrogens (tertiary/aromatic N) is 2. The van der Waals surface area contributed by atoms with E-state index >= 15 is 0 Å². The van der Waals surface area contributed by atoms with Gasteiger partial charge >= 0.3 is 0 Å². The second-order valence-electron chi connectivity index (χ2n) is 5.70. The summed E-state index contributed by atoms with van der Waals surface area (Å²) < 4.78 is 5.43. The van der Waals surface area contributed by atoms with Gasteiger partial charge in [-0.05, 0) is 18.2 Å². The van der Waals surface area contributed by atoms with Crippen LogP contribution in [0.5, 0.6) is 0 Å². The number of aromatic nitrogens is 1. The zero-order valence-electron chi connectivity index (χ0n) is 14.1. The Morgan fingerprint density at radius 1 is 1.28 bits per heavy atom. The molecule has 1 aliphatic heterocycles. The molecule has 1 aromatic heterocycles. The van der Waals surface area contributed by atoms with E-state index in [1.807, 2.05) is 18.2 Å². The predicted octanol–water partition coefficient (Wildman–Crippen LogP) is 2.58. The van der Waals surface area contributed by atoms with Gasteiger partial charge in [-0.1, -0.05) is 18.2 Å². The minimum absolute atomic E-state index is 0.169. The van der Waals surface area contributed by atoms with Crippen LogP contribution in [0.15, 0.2) is 55.4 Å². The van der Waals surface area contributed by atoms with E-state index in [1.54, 1.807) is 24.5 Å². The smallest absolute Gasteiger partial charge is 0.253 e. The fourth-order valence-corrected chi connectivity index (χ4v) is 2.71. The number of morpholine rings is 1. The van der Waals surface area contributed by atoms with Gasteiger partial charge < -0.3 is 20.3 Å².